The van der Waals surface area contributed by atoms with Crippen LogP contribution in [0.2, 0.25) is 10.2 Å². The van der Waals surface area contributed by atoms with E-state index in [1.807, 2.05) is 50.2 Å². The number of benzene rings is 2. The Kier molecular flexibility index (Phi) is 3.36. The first-order valence-electron chi connectivity index (χ1n) is 6.25. The van der Waals surface area contributed by atoms with Crippen LogP contribution in [0, 0.1) is 13.8 Å². The van der Waals surface area contributed by atoms with Crippen molar-refractivity contribution in [2.45, 2.75) is 13.8 Å². The summed E-state index contributed by atoms with van der Waals surface area (Å²) in [6, 6.07) is 11.6. The van der Waals surface area contributed by atoms with E-state index in [2.05, 4.69) is 9.97 Å². The summed E-state index contributed by atoms with van der Waals surface area (Å²) in [6.07, 6.45) is 0. The Hall–Kier alpha value is -1.64. The third-order valence-corrected chi connectivity index (χ3v) is 4.00. The number of hydrogen-bond acceptors (Lipinski definition) is 2. The van der Waals surface area contributed by atoms with Crippen LogP contribution in [-0.2, 0) is 0 Å². The van der Waals surface area contributed by atoms with Gasteiger partial charge in [0.2, 0.25) is 0 Å². The van der Waals surface area contributed by atoms with E-state index in [1.165, 1.54) is 0 Å². The van der Waals surface area contributed by atoms with E-state index in [-0.39, 0.29) is 0 Å². The molecule has 1 heterocycles. The third kappa shape index (κ3) is 2.26. The molecule has 0 aliphatic rings. The lowest BCUT2D eigenvalue weighted by Crippen LogP contribution is -1.93. The Balaban J connectivity index is 2.25. The van der Waals surface area contributed by atoms with Crippen LogP contribution in [-0.4, -0.2) is 9.97 Å². The molecule has 0 atom stereocenters. The fraction of sp³-hybridized carbons (Fsp3) is 0.125. The van der Waals surface area contributed by atoms with E-state index in [4.69, 9.17) is 23.2 Å². The maximum absolute atomic E-state index is 6.31. The van der Waals surface area contributed by atoms with Gasteiger partial charge in [0.1, 0.15) is 5.15 Å². The lowest BCUT2D eigenvalue weighted by atomic mass is 10.1. The zero-order valence-corrected chi connectivity index (χ0v) is 12.6. The summed E-state index contributed by atoms with van der Waals surface area (Å²) in [6.45, 7) is 3.96. The smallest absolute Gasteiger partial charge is 0.161 e. The van der Waals surface area contributed by atoms with E-state index in [1.54, 1.807) is 0 Å². The van der Waals surface area contributed by atoms with Crippen LogP contribution in [0.25, 0.3) is 22.3 Å². The monoisotopic (exact) mass is 302 g/mol. The predicted molar refractivity (Wildman–Crippen MR) is 84.5 cm³/mol. The highest BCUT2D eigenvalue weighted by Crippen LogP contribution is 2.28. The average molecular weight is 303 g/mol. The summed E-state index contributed by atoms with van der Waals surface area (Å²) < 4.78 is 0. The van der Waals surface area contributed by atoms with E-state index in [9.17, 15) is 0 Å². The van der Waals surface area contributed by atoms with Crippen molar-refractivity contribution in [2.24, 2.45) is 0 Å². The van der Waals surface area contributed by atoms with Crippen LogP contribution in [0.1, 0.15) is 11.1 Å². The summed E-state index contributed by atoms with van der Waals surface area (Å²) in [7, 11) is 0. The SMILES string of the molecule is Cc1cc(-c2nc(Cl)c3c(C)cccc3n2)ccc1Cl. The Morgan fingerprint density at radius 3 is 2.45 bits per heavy atom. The molecule has 0 saturated heterocycles. The quantitative estimate of drug-likeness (QED) is 0.576. The second-order valence-corrected chi connectivity index (χ2v) is 5.54. The van der Waals surface area contributed by atoms with Gasteiger partial charge in [0.05, 0.1) is 5.52 Å². The van der Waals surface area contributed by atoms with Crippen LogP contribution < -0.4 is 0 Å². The summed E-state index contributed by atoms with van der Waals surface area (Å²) in [5, 5.41) is 2.12. The van der Waals surface area contributed by atoms with E-state index < -0.39 is 0 Å². The first-order chi connectivity index (χ1) is 9.56. The van der Waals surface area contributed by atoms with Crippen LogP contribution in [0.15, 0.2) is 36.4 Å². The van der Waals surface area contributed by atoms with Gasteiger partial charge in [-0.3, -0.25) is 0 Å². The van der Waals surface area contributed by atoms with Gasteiger partial charge in [0, 0.05) is 16.0 Å². The molecule has 3 aromatic rings. The minimum Gasteiger partial charge on any atom is -0.228 e. The van der Waals surface area contributed by atoms with Crippen molar-refractivity contribution in [1.29, 1.82) is 0 Å². The molecule has 0 radical (unpaired) electrons. The molecule has 0 spiro atoms. The van der Waals surface area contributed by atoms with Gasteiger partial charge in [0.25, 0.3) is 0 Å². The molecule has 100 valence electrons. The zero-order chi connectivity index (χ0) is 14.3. The third-order valence-electron chi connectivity index (χ3n) is 3.30. The summed E-state index contributed by atoms with van der Waals surface area (Å²) >= 11 is 12.4. The number of nitrogens with zero attached hydrogens (tertiary/aromatic N) is 2. The molecule has 0 saturated carbocycles. The van der Waals surface area contributed by atoms with Gasteiger partial charge in [-0.1, -0.05) is 35.3 Å². The molecule has 0 unspecified atom stereocenters. The first-order valence-corrected chi connectivity index (χ1v) is 7.01. The first kappa shape index (κ1) is 13.3. The molecule has 1 aromatic heterocycles. The standard InChI is InChI=1S/C16H12Cl2N2/c1-9-4-3-5-13-14(9)15(18)20-16(19-13)11-6-7-12(17)10(2)8-11/h3-8H,1-2H3. The molecule has 0 bridgehead atoms. The Bertz CT molecular complexity index is 813. The van der Waals surface area contributed by atoms with Gasteiger partial charge in [-0.25, -0.2) is 9.97 Å². The lowest BCUT2D eigenvalue weighted by Gasteiger charge is -2.07. The largest absolute Gasteiger partial charge is 0.228 e. The normalized spacial score (nSPS) is 11.0. The van der Waals surface area contributed by atoms with Gasteiger partial charge in [-0.15, -0.1) is 0 Å². The van der Waals surface area contributed by atoms with Gasteiger partial charge < -0.3 is 0 Å². The maximum atomic E-state index is 6.31. The summed E-state index contributed by atoms with van der Waals surface area (Å²) in [4.78, 5) is 9.01. The minimum atomic E-state index is 0.482. The van der Waals surface area contributed by atoms with Crippen molar-refractivity contribution in [3.63, 3.8) is 0 Å². The van der Waals surface area contributed by atoms with Crippen LogP contribution in [0.4, 0.5) is 0 Å². The predicted octanol–water partition coefficient (Wildman–Crippen LogP) is 5.22. The molecule has 4 heteroatoms. The topological polar surface area (TPSA) is 25.8 Å². The second kappa shape index (κ2) is 5.04. The Morgan fingerprint density at radius 1 is 0.900 bits per heavy atom. The molecule has 0 amide bonds. The fourth-order valence-corrected chi connectivity index (χ4v) is 2.66. The molecule has 0 aliphatic carbocycles. The number of rotatable bonds is 1. The van der Waals surface area contributed by atoms with E-state index in [0.717, 1.165) is 32.6 Å². The highest BCUT2D eigenvalue weighted by atomic mass is 35.5. The van der Waals surface area contributed by atoms with Crippen molar-refractivity contribution >= 4 is 34.1 Å². The van der Waals surface area contributed by atoms with Crippen molar-refractivity contribution in [2.75, 3.05) is 0 Å². The molecule has 0 fully saturated rings. The van der Waals surface area contributed by atoms with Crippen molar-refractivity contribution in [3.8, 4) is 11.4 Å². The average Bonchev–Trinajstić information content (AvgIpc) is 2.41. The molecule has 0 N–H and O–H groups in total. The van der Waals surface area contributed by atoms with Crippen LogP contribution in [0.5, 0.6) is 0 Å². The number of fused-ring (bicyclic) bond motifs is 1. The van der Waals surface area contributed by atoms with E-state index in [0.29, 0.717) is 11.0 Å². The Morgan fingerprint density at radius 2 is 1.70 bits per heavy atom. The van der Waals surface area contributed by atoms with Crippen LogP contribution >= 0.6 is 23.2 Å². The van der Waals surface area contributed by atoms with Crippen molar-refractivity contribution in [1.82, 2.24) is 9.97 Å². The van der Waals surface area contributed by atoms with Gasteiger partial charge in [-0.2, -0.15) is 0 Å². The molecular weight excluding hydrogens is 291 g/mol. The molecule has 20 heavy (non-hydrogen) atoms. The lowest BCUT2D eigenvalue weighted by molar-refractivity contribution is 1.22. The minimum absolute atomic E-state index is 0.482. The number of halogens is 2. The molecular formula is C16H12Cl2N2. The molecule has 0 aliphatic heterocycles. The highest BCUT2D eigenvalue weighted by Gasteiger charge is 2.10. The number of aromatic nitrogens is 2. The Labute approximate surface area is 127 Å². The molecule has 3 rings (SSSR count). The van der Waals surface area contributed by atoms with Crippen LogP contribution in [0.3, 0.4) is 0 Å². The maximum Gasteiger partial charge on any atom is 0.161 e. The van der Waals surface area contributed by atoms with Crippen molar-refractivity contribution < 1.29 is 0 Å². The van der Waals surface area contributed by atoms with Gasteiger partial charge in [0.15, 0.2) is 5.82 Å². The summed E-state index contributed by atoms with van der Waals surface area (Å²) in [5.74, 6) is 0.618. The highest BCUT2D eigenvalue weighted by molar-refractivity contribution is 6.34. The number of hydrogen-bond donors (Lipinski definition) is 0. The van der Waals surface area contributed by atoms with Gasteiger partial charge >= 0.3 is 0 Å². The second-order valence-electron chi connectivity index (χ2n) is 4.77. The fourth-order valence-electron chi connectivity index (χ4n) is 2.21. The number of aryl methyl sites for hydroxylation is 2. The molecule has 2 nitrogen and oxygen atoms in total. The van der Waals surface area contributed by atoms with Gasteiger partial charge in [-0.05, 0) is 49.2 Å². The molecule has 2 aromatic carbocycles. The van der Waals surface area contributed by atoms with E-state index >= 15 is 0 Å². The zero-order valence-electron chi connectivity index (χ0n) is 11.1. The summed E-state index contributed by atoms with van der Waals surface area (Å²) in [5.41, 5.74) is 3.84. The van der Waals surface area contributed by atoms with Crippen molar-refractivity contribution in [3.05, 3.63) is 57.7 Å².